The number of piperidine rings is 1. The topological polar surface area (TPSA) is 99.2 Å². The van der Waals surface area contributed by atoms with Crippen molar-refractivity contribution in [2.24, 2.45) is 5.92 Å². The molecule has 4 aliphatic rings. The van der Waals surface area contributed by atoms with E-state index >= 15 is 4.11 Å². The molecule has 3 amide bonds. The zero-order valence-electron chi connectivity index (χ0n) is 23.9. The Hall–Kier alpha value is -3.08. The van der Waals surface area contributed by atoms with Crippen molar-refractivity contribution in [2.75, 3.05) is 23.4 Å². The summed E-state index contributed by atoms with van der Waals surface area (Å²) < 4.78 is 22.7. The smallest absolute Gasteiger partial charge is 0.261 e. The SMILES string of the molecule is C[C@@H]1[C@@H]([Si](C)(C)F)[C@H](CC(=O)N2Cc3ccccc3C[C@H]2CO)O[C@@]12C(=O)Nc1ccc(N3CCCCC3=O)cc12. The quantitative estimate of drug-likeness (QED) is 0.407. The molecule has 2 saturated heterocycles. The molecule has 6 rings (SSSR count). The average Bonchev–Trinajstić information content (AvgIpc) is 3.40. The van der Waals surface area contributed by atoms with E-state index < -0.39 is 31.6 Å². The molecule has 1 spiro atoms. The number of anilines is 2. The maximum absolute atomic E-state index is 16.1. The van der Waals surface area contributed by atoms with E-state index in [9.17, 15) is 19.5 Å². The van der Waals surface area contributed by atoms with Crippen LogP contribution >= 0.6 is 0 Å². The van der Waals surface area contributed by atoms with E-state index in [2.05, 4.69) is 5.32 Å². The fourth-order valence-electron chi connectivity index (χ4n) is 7.63. The van der Waals surface area contributed by atoms with Crippen LogP contribution in [0, 0.1) is 5.92 Å². The van der Waals surface area contributed by atoms with Crippen molar-refractivity contribution in [1.29, 1.82) is 0 Å². The molecule has 2 aromatic rings. The summed E-state index contributed by atoms with van der Waals surface area (Å²) in [7, 11) is -3.44. The van der Waals surface area contributed by atoms with Gasteiger partial charge in [-0.2, -0.15) is 0 Å². The summed E-state index contributed by atoms with van der Waals surface area (Å²) in [6.07, 6.45) is 1.90. The number of carbonyl (C=O) groups is 3. The third kappa shape index (κ3) is 4.60. The van der Waals surface area contributed by atoms with Gasteiger partial charge in [0, 0.05) is 47.9 Å². The van der Waals surface area contributed by atoms with Gasteiger partial charge in [0.25, 0.3) is 5.91 Å². The van der Waals surface area contributed by atoms with Crippen molar-refractivity contribution in [3.05, 3.63) is 59.2 Å². The second kappa shape index (κ2) is 10.3. The largest absolute Gasteiger partial charge is 0.394 e. The molecule has 218 valence electrons. The number of halogens is 1. The number of nitrogens with one attached hydrogen (secondary N) is 1. The molecule has 41 heavy (non-hydrogen) atoms. The molecule has 0 aliphatic carbocycles. The lowest BCUT2D eigenvalue weighted by molar-refractivity contribution is -0.149. The molecular weight excluding hydrogens is 541 g/mol. The first kappa shape index (κ1) is 28.1. The van der Waals surface area contributed by atoms with Crippen molar-refractivity contribution >= 4 is 37.5 Å². The maximum atomic E-state index is 16.1. The van der Waals surface area contributed by atoms with Gasteiger partial charge in [0.15, 0.2) is 5.60 Å². The predicted octanol–water partition coefficient (Wildman–Crippen LogP) is 4.27. The number of hydrogen-bond acceptors (Lipinski definition) is 5. The molecule has 8 nitrogen and oxygen atoms in total. The van der Waals surface area contributed by atoms with Crippen molar-refractivity contribution < 1.29 is 28.3 Å². The zero-order valence-corrected chi connectivity index (χ0v) is 24.9. The van der Waals surface area contributed by atoms with Crippen LogP contribution < -0.4 is 10.2 Å². The second-order valence-corrected chi connectivity index (χ2v) is 16.3. The number of amides is 3. The van der Waals surface area contributed by atoms with Crippen LogP contribution in [0.4, 0.5) is 15.5 Å². The zero-order chi connectivity index (χ0) is 29.1. The van der Waals surface area contributed by atoms with E-state index in [1.54, 1.807) is 29.0 Å². The average molecular weight is 580 g/mol. The summed E-state index contributed by atoms with van der Waals surface area (Å²) in [4.78, 5) is 43.6. The monoisotopic (exact) mass is 579 g/mol. The number of ether oxygens (including phenoxy) is 1. The van der Waals surface area contributed by atoms with Crippen molar-refractivity contribution in [3.8, 4) is 0 Å². The standard InChI is InChI=1S/C31H38FN3O5Si/c1-19-29(41(2,3)32)26(16-28(38)35-17-21-9-5-4-8-20(21)14-23(35)18-36)40-31(19)24-15-22(11-12-25(24)33-30(31)39)34-13-7-6-10-27(34)37/h4-5,8-9,11-12,15,19,23,26,29,36H,6-7,10,13-14,16-18H2,1-3H3,(H,33,39)/t19-,23+,26+,29-,31+/m1/s1. The maximum Gasteiger partial charge on any atom is 0.261 e. The summed E-state index contributed by atoms with van der Waals surface area (Å²) in [5.41, 5.74) is 1.96. The van der Waals surface area contributed by atoms with E-state index in [0.29, 0.717) is 42.9 Å². The molecule has 2 fully saturated rings. The highest BCUT2D eigenvalue weighted by Gasteiger charge is 2.65. The highest BCUT2D eigenvalue weighted by atomic mass is 28.4. The Bertz CT molecular complexity index is 1400. The van der Waals surface area contributed by atoms with Crippen molar-refractivity contribution in [2.45, 2.75) is 82.0 Å². The van der Waals surface area contributed by atoms with Gasteiger partial charge in [0.1, 0.15) is 0 Å². The molecule has 4 heterocycles. The highest BCUT2D eigenvalue weighted by molar-refractivity contribution is 6.72. The minimum Gasteiger partial charge on any atom is -0.394 e. The van der Waals surface area contributed by atoms with Gasteiger partial charge >= 0.3 is 0 Å². The molecule has 0 saturated carbocycles. The highest BCUT2D eigenvalue weighted by Crippen LogP contribution is 2.59. The van der Waals surface area contributed by atoms with Crippen LogP contribution in [-0.4, -0.2) is 61.4 Å². The Morgan fingerprint density at radius 1 is 1.17 bits per heavy atom. The number of aliphatic hydroxyl groups excluding tert-OH is 1. The molecule has 4 aliphatic heterocycles. The van der Waals surface area contributed by atoms with Crippen LogP contribution in [-0.2, 0) is 37.7 Å². The lowest BCUT2D eigenvalue weighted by Gasteiger charge is -2.37. The molecule has 0 unspecified atom stereocenters. The van der Waals surface area contributed by atoms with Crippen molar-refractivity contribution in [3.63, 3.8) is 0 Å². The normalized spacial score (nSPS) is 29.5. The van der Waals surface area contributed by atoms with E-state index in [4.69, 9.17) is 4.74 Å². The third-order valence-corrected chi connectivity index (χ3v) is 12.1. The van der Waals surface area contributed by atoms with Gasteiger partial charge in [-0.25, -0.2) is 0 Å². The molecule has 0 bridgehead atoms. The number of fused-ring (bicyclic) bond motifs is 3. The molecule has 5 atom stereocenters. The summed E-state index contributed by atoms with van der Waals surface area (Å²) in [6, 6.07) is 13.0. The van der Waals surface area contributed by atoms with Gasteiger partial charge in [-0.1, -0.05) is 31.2 Å². The molecule has 10 heteroatoms. The third-order valence-electron chi connectivity index (χ3n) is 9.60. The molecule has 0 aromatic heterocycles. The van der Waals surface area contributed by atoms with E-state index in [1.807, 2.05) is 43.3 Å². The number of nitrogens with zero attached hydrogens (tertiary/aromatic N) is 2. The Labute approximate surface area is 241 Å². The Morgan fingerprint density at radius 3 is 2.63 bits per heavy atom. The van der Waals surface area contributed by atoms with E-state index in [0.717, 1.165) is 24.0 Å². The van der Waals surface area contributed by atoms with Crippen LogP contribution in [0.1, 0.15) is 49.3 Å². The number of hydrogen-bond donors (Lipinski definition) is 2. The van der Waals surface area contributed by atoms with Crippen LogP contribution in [0.5, 0.6) is 0 Å². The lowest BCUT2D eigenvalue weighted by Crippen LogP contribution is -2.48. The Balaban J connectivity index is 1.33. The van der Waals surface area contributed by atoms with Gasteiger partial charge in [-0.15, -0.1) is 0 Å². The van der Waals surface area contributed by atoms with E-state index in [1.165, 1.54) is 0 Å². The molecule has 0 radical (unpaired) electrons. The minimum atomic E-state index is -3.44. The Kier molecular flexibility index (Phi) is 7.06. The first-order valence-corrected chi connectivity index (χ1v) is 17.6. The van der Waals surface area contributed by atoms with Crippen LogP contribution in [0.3, 0.4) is 0 Å². The summed E-state index contributed by atoms with van der Waals surface area (Å²) in [5, 5.41) is 13.1. The predicted molar refractivity (Wildman–Crippen MR) is 156 cm³/mol. The van der Waals surface area contributed by atoms with Crippen LogP contribution in [0.25, 0.3) is 0 Å². The summed E-state index contributed by atoms with van der Waals surface area (Å²) in [5.74, 6) is -1.07. The van der Waals surface area contributed by atoms with Crippen LogP contribution in [0.2, 0.25) is 18.6 Å². The van der Waals surface area contributed by atoms with Gasteiger partial charge in [0.05, 0.1) is 25.2 Å². The lowest BCUT2D eigenvalue weighted by atomic mass is 9.82. The first-order valence-electron chi connectivity index (χ1n) is 14.6. The molecule has 2 N–H and O–H groups in total. The van der Waals surface area contributed by atoms with Gasteiger partial charge in [-0.05, 0) is 61.7 Å². The van der Waals surface area contributed by atoms with Gasteiger partial charge < -0.3 is 29.1 Å². The number of benzene rings is 2. The molecular formula is C31H38FN3O5Si. The number of carbonyl (C=O) groups excluding carboxylic acids is 3. The van der Waals surface area contributed by atoms with Crippen LogP contribution in [0.15, 0.2) is 42.5 Å². The van der Waals surface area contributed by atoms with E-state index in [-0.39, 0.29) is 36.8 Å². The second-order valence-electron chi connectivity index (χ2n) is 12.5. The van der Waals surface area contributed by atoms with Crippen molar-refractivity contribution in [1.82, 2.24) is 4.90 Å². The Morgan fingerprint density at radius 2 is 1.93 bits per heavy atom. The van der Waals surface area contributed by atoms with Gasteiger partial charge in [-0.3, -0.25) is 14.4 Å². The fourth-order valence-corrected chi connectivity index (χ4v) is 10.1. The summed E-state index contributed by atoms with van der Waals surface area (Å²) >= 11 is 0. The minimum absolute atomic E-state index is 0.0445. The number of aliphatic hydroxyl groups is 1. The fraction of sp³-hybridized carbons (Fsp3) is 0.516. The first-order chi connectivity index (χ1) is 19.5. The summed E-state index contributed by atoms with van der Waals surface area (Å²) in [6.45, 7) is 5.87. The molecule has 2 aromatic carbocycles. The number of rotatable bonds is 5. The van der Waals surface area contributed by atoms with Gasteiger partial charge in [0.2, 0.25) is 20.2 Å².